The third-order valence-electron chi connectivity index (χ3n) is 5.63. The van der Waals surface area contributed by atoms with Crippen LogP contribution in [0.15, 0.2) is 30.3 Å². The summed E-state index contributed by atoms with van der Waals surface area (Å²) in [5.74, 6) is 0.417. The highest BCUT2D eigenvalue weighted by Gasteiger charge is 2.22. The van der Waals surface area contributed by atoms with Gasteiger partial charge in [-0.2, -0.15) is 0 Å². The molecule has 0 unspecified atom stereocenters. The summed E-state index contributed by atoms with van der Waals surface area (Å²) in [6.07, 6.45) is 1.29. The molecular weight excluding hydrogens is 380 g/mol. The van der Waals surface area contributed by atoms with Crippen molar-refractivity contribution in [2.45, 2.75) is 12.8 Å². The van der Waals surface area contributed by atoms with E-state index < -0.39 is 0 Å². The van der Waals surface area contributed by atoms with Crippen LogP contribution in [-0.4, -0.2) is 64.4 Å². The number of nitrogens with one attached hydrogen (secondary N) is 3. The number of aromatic amines is 2. The number of H-pyrrole nitrogens is 2. The minimum absolute atomic E-state index is 0.0785. The lowest BCUT2D eigenvalue weighted by molar-refractivity contribution is 0.414. The second kappa shape index (κ2) is 7.93. The van der Waals surface area contributed by atoms with E-state index in [-0.39, 0.29) is 17.4 Å². The lowest BCUT2D eigenvalue weighted by atomic mass is 9.98. The van der Waals surface area contributed by atoms with Crippen LogP contribution in [0, 0.1) is 0 Å². The molecule has 0 aliphatic rings. The summed E-state index contributed by atoms with van der Waals surface area (Å²) in [5, 5.41) is 36.6. The molecule has 0 bridgehead atoms. The van der Waals surface area contributed by atoms with Crippen LogP contribution in [0.4, 0.5) is 0 Å². The van der Waals surface area contributed by atoms with Crippen molar-refractivity contribution < 1.29 is 15.3 Å². The lowest BCUT2D eigenvalue weighted by Crippen LogP contribution is -2.15. The van der Waals surface area contributed by atoms with Gasteiger partial charge in [-0.15, -0.1) is 0 Å². The van der Waals surface area contributed by atoms with E-state index in [1.54, 1.807) is 12.1 Å². The molecule has 0 aliphatic heterocycles. The predicted octanol–water partition coefficient (Wildman–Crippen LogP) is 3.30. The Bertz CT molecular complexity index is 1210. The van der Waals surface area contributed by atoms with Crippen molar-refractivity contribution in [3.8, 4) is 28.6 Å². The Kier molecular flexibility index (Phi) is 5.32. The normalized spacial score (nSPS) is 11.9. The largest absolute Gasteiger partial charge is 0.507 e. The molecule has 0 radical (unpaired) electrons. The Morgan fingerprint density at radius 3 is 2.40 bits per heavy atom. The monoisotopic (exact) mass is 408 g/mol. The summed E-state index contributed by atoms with van der Waals surface area (Å²) in [6, 6.07) is 9.12. The van der Waals surface area contributed by atoms with Crippen LogP contribution in [-0.2, 0) is 12.8 Å². The molecule has 4 aromatic rings. The topological polar surface area (TPSA) is 108 Å². The predicted molar refractivity (Wildman–Crippen MR) is 120 cm³/mol. The fraction of sp³-hybridized carbons (Fsp3) is 0.304. The van der Waals surface area contributed by atoms with Crippen LogP contribution >= 0.6 is 0 Å². The lowest BCUT2D eigenvalue weighted by Gasteiger charge is -2.12. The summed E-state index contributed by atoms with van der Waals surface area (Å²) < 4.78 is 0. The van der Waals surface area contributed by atoms with Gasteiger partial charge in [0.05, 0.1) is 11.2 Å². The standard InChI is InChI=1S/C23H28N4O3/c1-24-11-9-14-20-17(26-23(14)30)8-7-15(22(20)29)21-13(10-12-27(2)3)19-16(25-21)5-4-6-18(19)28/h4-8,24-26,28-30H,9-12H2,1-3H3. The van der Waals surface area contributed by atoms with E-state index >= 15 is 0 Å². The zero-order valence-electron chi connectivity index (χ0n) is 17.5. The number of aromatic nitrogens is 2. The third kappa shape index (κ3) is 3.36. The summed E-state index contributed by atoms with van der Waals surface area (Å²) in [5.41, 5.74) is 4.60. The van der Waals surface area contributed by atoms with Crippen molar-refractivity contribution in [3.63, 3.8) is 0 Å². The second-order valence-electron chi connectivity index (χ2n) is 7.92. The van der Waals surface area contributed by atoms with E-state index in [2.05, 4.69) is 20.2 Å². The van der Waals surface area contributed by atoms with Gasteiger partial charge >= 0.3 is 0 Å². The van der Waals surface area contributed by atoms with Crippen molar-refractivity contribution in [1.29, 1.82) is 0 Å². The van der Waals surface area contributed by atoms with Gasteiger partial charge in [-0.25, -0.2) is 0 Å². The van der Waals surface area contributed by atoms with E-state index in [0.717, 1.165) is 28.7 Å². The number of fused-ring (bicyclic) bond motifs is 2. The zero-order chi connectivity index (χ0) is 21.4. The summed E-state index contributed by atoms with van der Waals surface area (Å²) in [7, 11) is 5.87. The molecule has 2 aromatic heterocycles. The van der Waals surface area contributed by atoms with E-state index in [1.807, 2.05) is 39.3 Å². The summed E-state index contributed by atoms with van der Waals surface area (Å²) in [4.78, 5) is 8.44. The SMILES string of the molecule is CNCCc1c(O)[nH]c2ccc(-c3[nH]c4cccc(O)c4c3CCN(C)C)c(O)c12. The van der Waals surface area contributed by atoms with Gasteiger partial charge in [0, 0.05) is 34.0 Å². The molecule has 4 rings (SSSR count). The van der Waals surface area contributed by atoms with Crippen LogP contribution in [0.1, 0.15) is 11.1 Å². The molecule has 6 N–H and O–H groups in total. The fourth-order valence-corrected chi connectivity index (χ4v) is 4.13. The number of hydrogen-bond acceptors (Lipinski definition) is 5. The number of aromatic hydroxyl groups is 3. The number of rotatable bonds is 7. The average Bonchev–Trinajstić information content (AvgIpc) is 3.23. The maximum Gasteiger partial charge on any atom is 0.192 e. The van der Waals surface area contributed by atoms with E-state index in [9.17, 15) is 15.3 Å². The van der Waals surface area contributed by atoms with Gasteiger partial charge in [0.1, 0.15) is 11.5 Å². The van der Waals surface area contributed by atoms with Gasteiger partial charge < -0.3 is 35.5 Å². The maximum absolute atomic E-state index is 11.2. The molecule has 30 heavy (non-hydrogen) atoms. The van der Waals surface area contributed by atoms with Crippen LogP contribution in [0.5, 0.6) is 17.4 Å². The molecule has 7 heteroatoms. The highest BCUT2D eigenvalue weighted by Crippen LogP contribution is 2.44. The number of nitrogens with zero attached hydrogens (tertiary/aromatic N) is 1. The van der Waals surface area contributed by atoms with Gasteiger partial charge in [-0.3, -0.25) is 0 Å². The molecule has 2 aromatic carbocycles. The van der Waals surface area contributed by atoms with Gasteiger partial charge in [-0.05, 0) is 70.4 Å². The highest BCUT2D eigenvalue weighted by molar-refractivity contribution is 6.01. The first-order valence-electron chi connectivity index (χ1n) is 10.1. The van der Waals surface area contributed by atoms with E-state index in [4.69, 9.17) is 0 Å². The molecule has 0 saturated heterocycles. The molecule has 2 heterocycles. The molecule has 0 fully saturated rings. The van der Waals surface area contributed by atoms with Crippen molar-refractivity contribution >= 4 is 21.8 Å². The van der Waals surface area contributed by atoms with Crippen molar-refractivity contribution in [2.75, 3.05) is 34.2 Å². The van der Waals surface area contributed by atoms with Gasteiger partial charge in [0.2, 0.25) is 0 Å². The van der Waals surface area contributed by atoms with E-state index in [1.165, 1.54) is 0 Å². The average molecular weight is 409 g/mol. The minimum atomic E-state index is 0.0785. The quantitative estimate of drug-likeness (QED) is 0.281. The first kappa shape index (κ1) is 20.1. The molecule has 0 aliphatic carbocycles. The maximum atomic E-state index is 11.2. The highest BCUT2D eigenvalue weighted by atomic mass is 16.3. The van der Waals surface area contributed by atoms with Gasteiger partial charge in [0.25, 0.3) is 0 Å². The fourth-order valence-electron chi connectivity index (χ4n) is 4.13. The molecular formula is C23H28N4O3. The molecule has 0 amide bonds. The smallest absolute Gasteiger partial charge is 0.192 e. The van der Waals surface area contributed by atoms with Crippen molar-refractivity contribution in [3.05, 3.63) is 41.5 Å². The summed E-state index contributed by atoms with van der Waals surface area (Å²) >= 11 is 0. The van der Waals surface area contributed by atoms with Gasteiger partial charge in [-0.1, -0.05) is 6.07 Å². The Morgan fingerprint density at radius 2 is 1.67 bits per heavy atom. The molecule has 158 valence electrons. The Morgan fingerprint density at radius 1 is 0.900 bits per heavy atom. The Hall–Kier alpha value is -3.16. The van der Waals surface area contributed by atoms with Gasteiger partial charge in [0.15, 0.2) is 5.88 Å². The number of benzene rings is 2. The first-order chi connectivity index (χ1) is 14.4. The molecule has 7 nitrogen and oxygen atoms in total. The van der Waals surface area contributed by atoms with Crippen LogP contribution in [0.3, 0.4) is 0 Å². The molecule has 0 saturated carbocycles. The van der Waals surface area contributed by atoms with Crippen LogP contribution in [0.2, 0.25) is 0 Å². The van der Waals surface area contributed by atoms with Crippen LogP contribution in [0.25, 0.3) is 33.1 Å². The third-order valence-corrected chi connectivity index (χ3v) is 5.63. The number of phenolic OH excluding ortho intramolecular Hbond substituents is 2. The second-order valence-corrected chi connectivity index (χ2v) is 7.92. The first-order valence-corrected chi connectivity index (χ1v) is 10.1. The number of phenols is 2. The van der Waals surface area contributed by atoms with Crippen LogP contribution < -0.4 is 5.32 Å². The molecule has 0 spiro atoms. The Balaban J connectivity index is 1.94. The zero-order valence-corrected chi connectivity index (χ0v) is 17.5. The number of hydrogen-bond donors (Lipinski definition) is 6. The van der Waals surface area contributed by atoms with Crippen molar-refractivity contribution in [2.24, 2.45) is 0 Å². The minimum Gasteiger partial charge on any atom is -0.507 e. The number of likely N-dealkylation sites (N-methyl/N-ethyl adjacent to an activating group) is 2. The summed E-state index contributed by atoms with van der Waals surface area (Å²) in [6.45, 7) is 1.48. The van der Waals surface area contributed by atoms with Crippen molar-refractivity contribution in [1.82, 2.24) is 20.2 Å². The Labute approximate surface area is 175 Å². The van der Waals surface area contributed by atoms with E-state index in [0.29, 0.717) is 41.4 Å². The molecule has 0 atom stereocenters.